The van der Waals surface area contributed by atoms with E-state index in [-0.39, 0.29) is 18.6 Å². The first-order valence-electron chi connectivity index (χ1n) is 7.66. The molecule has 0 aromatic heterocycles. The van der Waals surface area contributed by atoms with Gasteiger partial charge in [0.05, 0.1) is 11.0 Å². The van der Waals surface area contributed by atoms with E-state index in [1.54, 1.807) is 0 Å². The van der Waals surface area contributed by atoms with Crippen LogP contribution in [0.1, 0.15) is 5.56 Å². The maximum atomic E-state index is 11.9. The maximum Gasteiger partial charge on any atom is 0.258 e. The first-order chi connectivity index (χ1) is 11.6. The second kappa shape index (κ2) is 7.57. The summed E-state index contributed by atoms with van der Waals surface area (Å²) < 4.78 is 17.7. The van der Waals surface area contributed by atoms with Crippen LogP contribution in [0.3, 0.4) is 0 Å². The molecule has 1 aliphatic rings. The number of hydrogen-bond acceptors (Lipinski definition) is 4. The zero-order valence-electron chi connectivity index (χ0n) is 13.3. The monoisotopic (exact) mass is 391 g/mol. The van der Waals surface area contributed by atoms with E-state index in [1.165, 1.54) is 0 Å². The van der Waals surface area contributed by atoms with E-state index in [0.29, 0.717) is 24.7 Å². The van der Waals surface area contributed by atoms with Crippen LogP contribution in [0.25, 0.3) is 0 Å². The predicted octanol–water partition coefficient (Wildman–Crippen LogP) is 3.09. The van der Waals surface area contributed by atoms with E-state index < -0.39 is 0 Å². The average Bonchev–Trinajstić information content (AvgIpc) is 2.59. The number of ether oxygens (including phenoxy) is 3. The summed E-state index contributed by atoms with van der Waals surface area (Å²) in [5, 5.41) is 2.80. The van der Waals surface area contributed by atoms with Crippen molar-refractivity contribution in [3.63, 3.8) is 0 Å². The van der Waals surface area contributed by atoms with Crippen LogP contribution in [-0.2, 0) is 4.79 Å². The Kier molecular flexibility index (Phi) is 5.25. The largest absolute Gasteiger partial charge is 0.486 e. The molecule has 1 heterocycles. The van der Waals surface area contributed by atoms with E-state index in [2.05, 4.69) is 21.2 Å². The highest BCUT2D eigenvalue weighted by Crippen LogP contribution is 2.30. The summed E-state index contributed by atoms with van der Waals surface area (Å²) in [6.45, 7) is 2.71. The summed E-state index contributed by atoms with van der Waals surface area (Å²) in [7, 11) is 0. The third-order valence-electron chi connectivity index (χ3n) is 3.54. The quantitative estimate of drug-likeness (QED) is 0.850. The molecule has 24 heavy (non-hydrogen) atoms. The smallest absolute Gasteiger partial charge is 0.258 e. The molecule has 5 nitrogen and oxygen atoms in total. The van der Waals surface area contributed by atoms with Crippen LogP contribution in [-0.4, -0.2) is 31.8 Å². The summed E-state index contributed by atoms with van der Waals surface area (Å²) in [4.78, 5) is 11.9. The molecule has 3 rings (SSSR count). The zero-order valence-corrected chi connectivity index (χ0v) is 14.8. The minimum absolute atomic E-state index is 0.0498. The number of fused-ring (bicyclic) bond motifs is 1. The van der Waals surface area contributed by atoms with Crippen LogP contribution in [0.5, 0.6) is 17.2 Å². The molecule has 0 saturated carbocycles. The van der Waals surface area contributed by atoms with Gasteiger partial charge in [0.2, 0.25) is 0 Å². The van der Waals surface area contributed by atoms with Gasteiger partial charge in [0.25, 0.3) is 5.91 Å². The van der Waals surface area contributed by atoms with E-state index in [9.17, 15) is 4.79 Å². The summed E-state index contributed by atoms with van der Waals surface area (Å²) in [6.07, 6.45) is -0.213. The lowest BCUT2D eigenvalue weighted by Gasteiger charge is -2.26. The van der Waals surface area contributed by atoms with Crippen molar-refractivity contribution in [3.8, 4) is 17.2 Å². The van der Waals surface area contributed by atoms with Gasteiger partial charge in [-0.15, -0.1) is 0 Å². The lowest BCUT2D eigenvalue weighted by molar-refractivity contribution is -0.123. The van der Waals surface area contributed by atoms with Gasteiger partial charge in [0.15, 0.2) is 18.1 Å². The van der Waals surface area contributed by atoms with Crippen molar-refractivity contribution in [1.82, 2.24) is 5.32 Å². The Balaban J connectivity index is 1.45. The van der Waals surface area contributed by atoms with Gasteiger partial charge in [-0.25, -0.2) is 0 Å². The summed E-state index contributed by atoms with van der Waals surface area (Å²) >= 11 is 3.42. The molecule has 1 amide bonds. The van der Waals surface area contributed by atoms with Gasteiger partial charge in [-0.05, 0) is 52.7 Å². The normalized spacial score (nSPS) is 15.7. The highest BCUT2D eigenvalue weighted by molar-refractivity contribution is 9.10. The fourth-order valence-corrected chi connectivity index (χ4v) is 2.92. The van der Waals surface area contributed by atoms with E-state index in [1.807, 2.05) is 49.4 Å². The van der Waals surface area contributed by atoms with Crippen LogP contribution >= 0.6 is 15.9 Å². The van der Waals surface area contributed by atoms with Crippen LogP contribution in [0, 0.1) is 6.92 Å². The number of carbonyl (C=O) groups excluding carboxylic acids is 1. The predicted molar refractivity (Wildman–Crippen MR) is 93.7 cm³/mol. The second-order valence-electron chi connectivity index (χ2n) is 5.52. The molecule has 2 aromatic rings. The number of hydrogen-bond donors (Lipinski definition) is 1. The first kappa shape index (κ1) is 16.6. The molecule has 126 valence electrons. The standard InChI is InChI=1S/C18H18BrNO4/c1-12-6-7-15(14(19)8-12)23-11-18(21)20-9-13-10-22-16-4-2-3-5-17(16)24-13/h2-8,13H,9-11H2,1H3,(H,20,21). The fourth-order valence-electron chi connectivity index (χ4n) is 2.31. The Hall–Kier alpha value is -2.21. The lowest BCUT2D eigenvalue weighted by atomic mass is 10.2. The number of benzene rings is 2. The van der Waals surface area contributed by atoms with Gasteiger partial charge in [-0.2, -0.15) is 0 Å². The Labute approximate surface area is 149 Å². The molecule has 1 unspecified atom stereocenters. The highest BCUT2D eigenvalue weighted by atomic mass is 79.9. The summed E-state index contributed by atoms with van der Waals surface area (Å²) in [5.41, 5.74) is 1.12. The Morgan fingerprint density at radius 3 is 2.88 bits per heavy atom. The average molecular weight is 392 g/mol. The number of nitrogens with one attached hydrogen (secondary N) is 1. The minimum atomic E-state index is -0.213. The van der Waals surface area contributed by atoms with Crippen LogP contribution in [0.2, 0.25) is 0 Å². The molecular weight excluding hydrogens is 374 g/mol. The van der Waals surface area contributed by atoms with Crippen LogP contribution < -0.4 is 19.5 Å². The minimum Gasteiger partial charge on any atom is -0.486 e. The number of aryl methyl sites for hydroxylation is 1. The second-order valence-corrected chi connectivity index (χ2v) is 6.38. The molecule has 0 radical (unpaired) electrons. The molecule has 0 bridgehead atoms. The van der Waals surface area contributed by atoms with Crippen molar-refractivity contribution < 1.29 is 19.0 Å². The number of amides is 1. The summed E-state index contributed by atoms with van der Waals surface area (Å²) in [6, 6.07) is 13.2. The number of halogens is 1. The van der Waals surface area contributed by atoms with Crippen molar-refractivity contribution in [1.29, 1.82) is 0 Å². The molecule has 0 aliphatic carbocycles. The molecule has 1 atom stereocenters. The van der Waals surface area contributed by atoms with Crippen molar-refractivity contribution in [2.45, 2.75) is 13.0 Å². The van der Waals surface area contributed by atoms with E-state index >= 15 is 0 Å². The van der Waals surface area contributed by atoms with Crippen LogP contribution in [0.15, 0.2) is 46.9 Å². The molecule has 2 aromatic carbocycles. The van der Waals surface area contributed by atoms with Crippen LogP contribution in [0.4, 0.5) is 0 Å². The Morgan fingerprint density at radius 1 is 1.29 bits per heavy atom. The molecule has 0 saturated heterocycles. The van der Waals surface area contributed by atoms with E-state index in [0.717, 1.165) is 15.8 Å². The fraction of sp³-hybridized carbons (Fsp3) is 0.278. The van der Waals surface area contributed by atoms with Crippen molar-refractivity contribution in [2.24, 2.45) is 0 Å². The third kappa shape index (κ3) is 4.20. The first-order valence-corrected chi connectivity index (χ1v) is 8.45. The van der Waals surface area contributed by atoms with Gasteiger partial charge in [-0.3, -0.25) is 4.79 Å². The number of carbonyl (C=O) groups is 1. The van der Waals surface area contributed by atoms with Crippen molar-refractivity contribution in [3.05, 3.63) is 52.5 Å². The molecule has 0 spiro atoms. The van der Waals surface area contributed by atoms with Gasteiger partial charge in [-0.1, -0.05) is 18.2 Å². The lowest BCUT2D eigenvalue weighted by Crippen LogP contribution is -2.42. The van der Waals surface area contributed by atoms with E-state index in [4.69, 9.17) is 14.2 Å². The van der Waals surface area contributed by atoms with Crippen molar-refractivity contribution >= 4 is 21.8 Å². The van der Waals surface area contributed by atoms with Crippen molar-refractivity contribution in [2.75, 3.05) is 19.8 Å². The van der Waals surface area contributed by atoms with Gasteiger partial charge in [0, 0.05) is 0 Å². The SMILES string of the molecule is Cc1ccc(OCC(=O)NCC2COc3ccccc3O2)c(Br)c1. The Morgan fingerprint density at radius 2 is 2.08 bits per heavy atom. The molecule has 1 aliphatic heterocycles. The number of rotatable bonds is 5. The zero-order chi connectivity index (χ0) is 16.9. The molecule has 6 heteroatoms. The molecular formula is C18H18BrNO4. The van der Waals surface area contributed by atoms with Gasteiger partial charge in [0.1, 0.15) is 18.5 Å². The molecule has 1 N–H and O–H groups in total. The topological polar surface area (TPSA) is 56.8 Å². The summed E-state index contributed by atoms with van der Waals surface area (Å²) in [5.74, 6) is 1.86. The molecule has 0 fully saturated rings. The van der Waals surface area contributed by atoms with Gasteiger partial charge >= 0.3 is 0 Å². The Bertz CT molecular complexity index is 735. The third-order valence-corrected chi connectivity index (χ3v) is 4.16. The van der Waals surface area contributed by atoms with Gasteiger partial charge < -0.3 is 19.5 Å². The number of para-hydroxylation sites is 2. The highest BCUT2D eigenvalue weighted by Gasteiger charge is 2.21. The maximum absolute atomic E-state index is 11.9.